The lowest BCUT2D eigenvalue weighted by Crippen LogP contribution is -2.30. The molecular formula is C18H24N2. The standard InChI is InChI=1S/C18H24N2/c19-13-18(20-12-11-14-5-3-6-14)17-10-4-8-15-7-1-2-9-16(15)17/h1-2,4,7-10,14,18,20H,3,5-6,11-13,19H2. The van der Waals surface area contributed by atoms with Crippen molar-refractivity contribution in [2.45, 2.75) is 31.7 Å². The third kappa shape index (κ3) is 2.87. The van der Waals surface area contributed by atoms with E-state index < -0.39 is 0 Å². The van der Waals surface area contributed by atoms with Gasteiger partial charge >= 0.3 is 0 Å². The molecule has 106 valence electrons. The number of nitrogens with one attached hydrogen (secondary N) is 1. The Morgan fingerprint density at radius 2 is 1.90 bits per heavy atom. The summed E-state index contributed by atoms with van der Waals surface area (Å²) in [6.07, 6.45) is 5.56. The van der Waals surface area contributed by atoms with Crippen molar-refractivity contribution in [1.82, 2.24) is 5.32 Å². The van der Waals surface area contributed by atoms with Gasteiger partial charge in [0.15, 0.2) is 0 Å². The average Bonchev–Trinajstić information content (AvgIpc) is 2.45. The summed E-state index contributed by atoms with van der Waals surface area (Å²) in [5.41, 5.74) is 7.33. The van der Waals surface area contributed by atoms with Gasteiger partial charge < -0.3 is 11.1 Å². The Morgan fingerprint density at radius 1 is 1.10 bits per heavy atom. The first-order chi connectivity index (χ1) is 9.88. The number of benzene rings is 2. The fraction of sp³-hybridized carbons (Fsp3) is 0.444. The van der Waals surface area contributed by atoms with Crippen LogP contribution in [0.15, 0.2) is 42.5 Å². The van der Waals surface area contributed by atoms with Crippen molar-refractivity contribution < 1.29 is 0 Å². The molecule has 1 aliphatic carbocycles. The molecule has 0 radical (unpaired) electrons. The lowest BCUT2D eigenvalue weighted by atomic mass is 9.83. The van der Waals surface area contributed by atoms with Crippen LogP contribution < -0.4 is 11.1 Å². The highest BCUT2D eigenvalue weighted by Crippen LogP contribution is 2.29. The van der Waals surface area contributed by atoms with E-state index in [1.165, 1.54) is 42.0 Å². The molecule has 2 nitrogen and oxygen atoms in total. The SMILES string of the molecule is NCC(NCCC1CCC1)c1cccc2ccccc12. The minimum Gasteiger partial charge on any atom is -0.329 e. The summed E-state index contributed by atoms with van der Waals surface area (Å²) in [7, 11) is 0. The molecule has 1 aliphatic rings. The summed E-state index contributed by atoms with van der Waals surface area (Å²) >= 11 is 0. The molecule has 1 saturated carbocycles. The van der Waals surface area contributed by atoms with Gasteiger partial charge in [-0.25, -0.2) is 0 Å². The summed E-state index contributed by atoms with van der Waals surface area (Å²) in [6.45, 7) is 1.73. The van der Waals surface area contributed by atoms with Crippen molar-refractivity contribution in [3.05, 3.63) is 48.0 Å². The molecule has 0 amide bonds. The largest absolute Gasteiger partial charge is 0.329 e. The molecule has 1 atom stereocenters. The van der Waals surface area contributed by atoms with Gasteiger partial charge in [-0.05, 0) is 35.2 Å². The van der Waals surface area contributed by atoms with Gasteiger partial charge in [-0.3, -0.25) is 0 Å². The number of rotatable bonds is 6. The molecule has 0 bridgehead atoms. The second-order valence-electron chi connectivity index (χ2n) is 5.90. The maximum Gasteiger partial charge on any atom is 0.0450 e. The van der Waals surface area contributed by atoms with Crippen LogP contribution in [-0.4, -0.2) is 13.1 Å². The van der Waals surface area contributed by atoms with Crippen LogP contribution in [0.5, 0.6) is 0 Å². The van der Waals surface area contributed by atoms with Crippen molar-refractivity contribution >= 4 is 10.8 Å². The Balaban J connectivity index is 1.72. The Bertz CT molecular complexity index is 555. The third-order valence-electron chi connectivity index (χ3n) is 4.60. The molecule has 1 unspecified atom stereocenters. The van der Waals surface area contributed by atoms with Crippen molar-refractivity contribution in [2.24, 2.45) is 11.7 Å². The maximum absolute atomic E-state index is 6.00. The third-order valence-corrected chi connectivity index (χ3v) is 4.60. The van der Waals surface area contributed by atoms with Crippen LogP contribution in [0.3, 0.4) is 0 Å². The molecule has 3 N–H and O–H groups in total. The van der Waals surface area contributed by atoms with Gasteiger partial charge in [-0.1, -0.05) is 61.7 Å². The number of hydrogen-bond donors (Lipinski definition) is 2. The van der Waals surface area contributed by atoms with Gasteiger partial charge in [0.2, 0.25) is 0 Å². The summed E-state index contributed by atoms with van der Waals surface area (Å²) in [4.78, 5) is 0. The van der Waals surface area contributed by atoms with Crippen LogP contribution >= 0.6 is 0 Å². The van der Waals surface area contributed by atoms with E-state index >= 15 is 0 Å². The predicted octanol–water partition coefficient (Wildman–Crippen LogP) is 3.62. The first-order valence-electron chi connectivity index (χ1n) is 7.79. The normalized spacial score (nSPS) is 17.1. The molecule has 2 heteroatoms. The fourth-order valence-corrected chi connectivity index (χ4v) is 3.12. The van der Waals surface area contributed by atoms with Crippen LogP contribution in [-0.2, 0) is 0 Å². The van der Waals surface area contributed by atoms with Crippen molar-refractivity contribution in [1.29, 1.82) is 0 Å². The maximum atomic E-state index is 6.00. The van der Waals surface area contributed by atoms with Crippen LogP contribution in [0.25, 0.3) is 10.8 Å². The fourth-order valence-electron chi connectivity index (χ4n) is 3.12. The lowest BCUT2D eigenvalue weighted by molar-refractivity contribution is 0.288. The molecule has 3 rings (SSSR count). The molecule has 20 heavy (non-hydrogen) atoms. The average molecular weight is 268 g/mol. The smallest absolute Gasteiger partial charge is 0.0450 e. The van der Waals surface area contributed by atoms with Gasteiger partial charge in [0.1, 0.15) is 0 Å². The highest BCUT2D eigenvalue weighted by molar-refractivity contribution is 5.86. The summed E-state index contributed by atoms with van der Waals surface area (Å²) in [5, 5.41) is 6.27. The van der Waals surface area contributed by atoms with E-state index in [4.69, 9.17) is 5.73 Å². The molecule has 2 aromatic rings. The molecule has 0 aliphatic heterocycles. The minimum atomic E-state index is 0.265. The molecule has 2 aromatic carbocycles. The number of hydrogen-bond acceptors (Lipinski definition) is 2. The van der Waals surface area contributed by atoms with E-state index in [-0.39, 0.29) is 6.04 Å². The van der Waals surface area contributed by atoms with Crippen LogP contribution in [0, 0.1) is 5.92 Å². The molecule has 0 spiro atoms. The predicted molar refractivity (Wildman–Crippen MR) is 85.7 cm³/mol. The summed E-state index contributed by atoms with van der Waals surface area (Å²) in [6, 6.07) is 15.3. The second-order valence-corrected chi connectivity index (χ2v) is 5.90. The Kier molecular flexibility index (Phi) is 4.34. The van der Waals surface area contributed by atoms with Crippen LogP contribution in [0.4, 0.5) is 0 Å². The first kappa shape index (κ1) is 13.6. The number of nitrogens with two attached hydrogens (primary N) is 1. The zero-order valence-corrected chi connectivity index (χ0v) is 12.0. The van der Waals surface area contributed by atoms with Crippen molar-refractivity contribution in [3.8, 4) is 0 Å². The molecule has 0 saturated heterocycles. The number of fused-ring (bicyclic) bond motifs is 1. The van der Waals surface area contributed by atoms with Gasteiger partial charge in [0.05, 0.1) is 0 Å². The topological polar surface area (TPSA) is 38.0 Å². The lowest BCUT2D eigenvalue weighted by Gasteiger charge is -2.27. The van der Waals surface area contributed by atoms with E-state index in [9.17, 15) is 0 Å². The van der Waals surface area contributed by atoms with Crippen molar-refractivity contribution in [3.63, 3.8) is 0 Å². The zero-order valence-electron chi connectivity index (χ0n) is 12.0. The highest BCUT2D eigenvalue weighted by atomic mass is 14.9. The van der Waals surface area contributed by atoms with E-state index in [1.807, 2.05) is 0 Å². The van der Waals surface area contributed by atoms with Gasteiger partial charge in [-0.15, -0.1) is 0 Å². The summed E-state index contributed by atoms with van der Waals surface area (Å²) in [5.74, 6) is 0.952. The molecule has 1 fully saturated rings. The Hall–Kier alpha value is -1.38. The molecule has 0 heterocycles. The van der Waals surface area contributed by atoms with E-state index in [0.29, 0.717) is 6.54 Å². The van der Waals surface area contributed by atoms with E-state index in [0.717, 1.165) is 12.5 Å². The monoisotopic (exact) mass is 268 g/mol. The van der Waals surface area contributed by atoms with Gasteiger partial charge in [0, 0.05) is 12.6 Å². The van der Waals surface area contributed by atoms with Crippen LogP contribution in [0.1, 0.15) is 37.3 Å². The van der Waals surface area contributed by atoms with E-state index in [1.54, 1.807) is 0 Å². The van der Waals surface area contributed by atoms with Crippen LogP contribution in [0.2, 0.25) is 0 Å². The Labute approximate surface area is 121 Å². The second kappa shape index (κ2) is 6.38. The zero-order chi connectivity index (χ0) is 13.8. The quantitative estimate of drug-likeness (QED) is 0.839. The molecular weight excluding hydrogens is 244 g/mol. The van der Waals surface area contributed by atoms with Crippen molar-refractivity contribution in [2.75, 3.05) is 13.1 Å². The highest BCUT2D eigenvalue weighted by Gasteiger charge is 2.18. The molecule has 0 aromatic heterocycles. The van der Waals surface area contributed by atoms with Gasteiger partial charge in [-0.2, -0.15) is 0 Å². The van der Waals surface area contributed by atoms with E-state index in [2.05, 4.69) is 47.8 Å². The first-order valence-corrected chi connectivity index (χ1v) is 7.79. The minimum absolute atomic E-state index is 0.265. The summed E-state index contributed by atoms with van der Waals surface area (Å²) < 4.78 is 0. The Morgan fingerprint density at radius 3 is 2.65 bits per heavy atom. The van der Waals surface area contributed by atoms with Gasteiger partial charge in [0.25, 0.3) is 0 Å².